The first-order valence-electron chi connectivity index (χ1n) is 6.47. The third-order valence-corrected chi connectivity index (χ3v) is 3.51. The summed E-state index contributed by atoms with van der Waals surface area (Å²) in [4.78, 5) is 16.0. The first kappa shape index (κ1) is 12.0. The second kappa shape index (κ2) is 4.88. The molecule has 0 saturated carbocycles. The van der Waals surface area contributed by atoms with Crippen molar-refractivity contribution in [3.8, 4) is 5.88 Å². The molecule has 0 aromatic carbocycles. The minimum Gasteiger partial charge on any atom is -0.481 e. The number of pyridine rings is 1. The van der Waals surface area contributed by atoms with E-state index in [9.17, 15) is 4.79 Å². The summed E-state index contributed by atoms with van der Waals surface area (Å²) in [6.07, 6.45) is 8.37. The van der Waals surface area contributed by atoms with Gasteiger partial charge in [-0.05, 0) is 24.5 Å². The Morgan fingerprint density at radius 1 is 1.37 bits per heavy atom. The van der Waals surface area contributed by atoms with Crippen LogP contribution in [0.4, 0.5) is 0 Å². The van der Waals surface area contributed by atoms with Crippen molar-refractivity contribution in [3.05, 3.63) is 47.4 Å². The molecule has 0 bridgehead atoms. The molecule has 3 rings (SSSR count). The number of nitrogens with zero attached hydrogens (tertiary/aromatic N) is 2. The van der Waals surface area contributed by atoms with Crippen LogP contribution < -0.4 is 4.74 Å². The smallest absolute Gasteiger partial charge is 0.218 e. The van der Waals surface area contributed by atoms with E-state index >= 15 is 0 Å². The van der Waals surface area contributed by atoms with Gasteiger partial charge in [0, 0.05) is 36.1 Å². The molecule has 4 nitrogen and oxygen atoms in total. The zero-order valence-electron chi connectivity index (χ0n) is 10.9. The molecule has 1 aliphatic rings. The summed E-state index contributed by atoms with van der Waals surface area (Å²) in [6.45, 7) is 0.678. The number of carbonyl (C=O) groups is 1. The van der Waals surface area contributed by atoms with Crippen LogP contribution >= 0.6 is 0 Å². The Balaban J connectivity index is 1.90. The number of rotatable bonds is 3. The van der Waals surface area contributed by atoms with Gasteiger partial charge in [-0.3, -0.25) is 4.79 Å². The van der Waals surface area contributed by atoms with Gasteiger partial charge in [-0.15, -0.1) is 0 Å². The highest BCUT2D eigenvalue weighted by molar-refractivity contribution is 5.98. The van der Waals surface area contributed by atoms with Crippen LogP contribution in [0.25, 0.3) is 0 Å². The lowest BCUT2D eigenvalue weighted by Crippen LogP contribution is -2.07. The lowest BCUT2D eigenvalue weighted by atomic mass is 9.95. The van der Waals surface area contributed by atoms with E-state index in [4.69, 9.17) is 4.74 Å². The quantitative estimate of drug-likeness (QED) is 0.847. The van der Waals surface area contributed by atoms with Gasteiger partial charge in [-0.1, -0.05) is 6.07 Å². The average Bonchev–Trinajstić information content (AvgIpc) is 2.83. The zero-order chi connectivity index (χ0) is 13.2. The first-order chi connectivity index (χ1) is 9.28. The Hall–Kier alpha value is -2.10. The van der Waals surface area contributed by atoms with E-state index in [0.29, 0.717) is 18.8 Å². The molecule has 0 radical (unpaired) electrons. The Morgan fingerprint density at radius 3 is 3.05 bits per heavy atom. The molecule has 0 aliphatic heterocycles. The largest absolute Gasteiger partial charge is 0.481 e. The van der Waals surface area contributed by atoms with Crippen LogP contribution in [0.3, 0.4) is 0 Å². The highest BCUT2D eigenvalue weighted by Crippen LogP contribution is 2.23. The second-order valence-electron chi connectivity index (χ2n) is 4.82. The number of hydrogen-bond donors (Lipinski definition) is 0. The number of ether oxygens (including phenoxy) is 1. The van der Waals surface area contributed by atoms with Crippen LogP contribution in [0, 0.1) is 0 Å². The van der Waals surface area contributed by atoms with Gasteiger partial charge in [0.15, 0.2) is 5.78 Å². The number of aryl methyl sites for hydroxylation is 1. The summed E-state index contributed by atoms with van der Waals surface area (Å²) in [7, 11) is 1.62. The molecular formula is C15H16N2O2. The predicted octanol–water partition coefficient (Wildman–Crippen LogP) is 2.46. The van der Waals surface area contributed by atoms with Gasteiger partial charge >= 0.3 is 0 Å². The molecule has 2 aromatic heterocycles. The summed E-state index contributed by atoms with van der Waals surface area (Å²) in [5, 5.41) is 0. The molecule has 0 amide bonds. The highest BCUT2D eigenvalue weighted by atomic mass is 16.5. The van der Waals surface area contributed by atoms with Crippen LogP contribution in [0.15, 0.2) is 30.7 Å². The van der Waals surface area contributed by atoms with Crippen molar-refractivity contribution in [1.29, 1.82) is 0 Å². The van der Waals surface area contributed by atoms with E-state index < -0.39 is 0 Å². The number of Topliss-reactive ketones (excluding diaryl/α,β-unsaturated/α-hetero) is 1. The van der Waals surface area contributed by atoms with Gasteiger partial charge in [0.1, 0.15) is 0 Å². The van der Waals surface area contributed by atoms with Crippen molar-refractivity contribution in [2.24, 2.45) is 0 Å². The van der Waals surface area contributed by atoms with E-state index in [-0.39, 0.29) is 5.78 Å². The zero-order valence-corrected chi connectivity index (χ0v) is 10.9. The molecule has 0 N–H and O–H groups in total. The predicted molar refractivity (Wildman–Crippen MR) is 71.6 cm³/mol. The Morgan fingerprint density at radius 2 is 2.26 bits per heavy atom. The summed E-state index contributed by atoms with van der Waals surface area (Å²) in [6, 6.07) is 3.89. The molecule has 19 heavy (non-hydrogen) atoms. The molecule has 2 heterocycles. The van der Waals surface area contributed by atoms with Crippen LogP contribution in [-0.4, -0.2) is 22.4 Å². The molecule has 0 fully saturated rings. The Bertz CT molecular complexity index is 616. The third kappa shape index (κ3) is 2.26. The molecule has 0 atom stereocenters. The van der Waals surface area contributed by atoms with E-state index in [1.54, 1.807) is 13.3 Å². The normalized spacial score (nSPS) is 14.3. The molecular weight excluding hydrogens is 240 g/mol. The van der Waals surface area contributed by atoms with Crippen LogP contribution in [0.1, 0.15) is 34.3 Å². The van der Waals surface area contributed by atoms with Crippen molar-refractivity contribution in [2.75, 3.05) is 7.11 Å². The maximum Gasteiger partial charge on any atom is 0.218 e. The number of methoxy groups -OCH3 is 1. The van der Waals surface area contributed by atoms with E-state index in [1.807, 2.05) is 22.9 Å². The van der Waals surface area contributed by atoms with E-state index in [2.05, 4.69) is 11.2 Å². The molecule has 0 spiro atoms. The fourth-order valence-corrected chi connectivity index (χ4v) is 2.60. The van der Waals surface area contributed by atoms with Gasteiger partial charge in [-0.25, -0.2) is 4.98 Å². The monoisotopic (exact) mass is 256 g/mol. The van der Waals surface area contributed by atoms with Crippen LogP contribution in [0.5, 0.6) is 5.88 Å². The van der Waals surface area contributed by atoms with Crippen molar-refractivity contribution >= 4 is 5.78 Å². The van der Waals surface area contributed by atoms with Crippen LogP contribution in [0.2, 0.25) is 0 Å². The maximum absolute atomic E-state index is 11.8. The highest BCUT2D eigenvalue weighted by Gasteiger charge is 2.19. The third-order valence-electron chi connectivity index (χ3n) is 3.51. The molecule has 0 unspecified atom stereocenters. The minimum atomic E-state index is 0.262. The van der Waals surface area contributed by atoms with Gasteiger partial charge in [-0.2, -0.15) is 0 Å². The molecule has 0 saturated heterocycles. The van der Waals surface area contributed by atoms with Crippen molar-refractivity contribution in [2.45, 2.75) is 25.8 Å². The Labute approximate surface area is 112 Å². The standard InChI is InChI=1S/C15H16N2O2/c1-19-15-12(5-3-7-16-15)9-17-8-11-4-2-6-14(18)13(11)10-17/h3,5,7-8,10H,2,4,6,9H2,1H3. The summed E-state index contributed by atoms with van der Waals surface area (Å²) in [5.41, 5.74) is 3.07. The minimum absolute atomic E-state index is 0.262. The Kier molecular flexibility index (Phi) is 3.07. The number of fused-ring (bicyclic) bond motifs is 1. The van der Waals surface area contributed by atoms with Crippen molar-refractivity contribution in [1.82, 2.24) is 9.55 Å². The first-order valence-corrected chi connectivity index (χ1v) is 6.47. The van der Waals surface area contributed by atoms with Gasteiger partial charge in [0.25, 0.3) is 0 Å². The summed E-state index contributed by atoms with van der Waals surface area (Å²) >= 11 is 0. The number of aromatic nitrogens is 2. The average molecular weight is 256 g/mol. The fourth-order valence-electron chi connectivity index (χ4n) is 2.60. The van der Waals surface area contributed by atoms with Crippen molar-refractivity contribution < 1.29 is 9.53 Å². The fraction of sp³-hybridized carbons (Fsp3) is 0.333. The van der Waals surface area contributed by atoms with Gasteiger partial charge in [0.05, 0.1) is 13.7 Å². The second-order valence-corrected chi connectivity index (χ2v) is 4.82. The number of hydrogen-bond acceptors (Lipinski definition) is 3. The van der Waals surface area contributed by atoms with Crippen molar-refractivity contribution in [3.63, 3.8) is 0 Å². The SMILES string of the molecule is COc1ncccc1Cn1cc2c(c1)C(=O)CCC2. The van der Waals surface area contributed by atoms with Crippen LogP contribution in [-0.2, 0) is 13.0 Å². The molecule has 4 heteroatoms. The lowest BCUT2D eigenvalue weighted by Gasteiger charge is -2.07. The van der Waals surface area contributed by atoms with Gasteiger partial charge < -0.3 is 9.30 Å². The maximum atomic E-state index is 11.8. The molecule has 2 aromatic rings. The van der Waals surface area contributed by atoms with Gasteiger partial charge in [0.2, 0.25) is 5.88 Å². The van der Waals surface area contributed by atoms with E-state index in [1.165, 1.54) is 5.56 Å². The number of ketones is 1. The summed E-state index contributed by atoms with van der Waals surface area (Å²) in [5.74, 6) is 0.902. The van der Waals surface area contributed by atoms with E-state index in [0.717, 1.165) is 24.0 Å². The topological polar surface area (TPSA) is 44.1 Å². The molecule has 1 aliphatic carbocycles. The lowest BCUT2D eigenvalue weighted by molar-refractivity contribution is 0.0973. The summed E-state index contributed by atoms with van der Waals surface area (Å²) < 4.78 is 7.30. The number of carbonyl (C=O) groups excluding carboxylic acids is 1. The molecule has 98 valence electrons.